The highest BCUT2D eigenvalue weighted by Gasteiger charge is 2.06. The number of nitrogens with two attached hydrogens (primary N) is 1. The monoisotopic (exact) mass is 227 g/mol. The standard InChI is InChI=1S/C10H14NO3P/c1-7(14-15-12)5-8-3-4-9(11)10(6-8)13-2/h3-4,6-7H,5,11H2,1-2H3. The van der Waals surface area contributed by atoms with Crippen LogP contribution in [0.1, 0.15) is 12.5 Å². The topological polar surface area (TPSA) is 61.5 Å². The van der Waals surface area contributed by atoms with Gasteiger partial charge in [0.25, 0.3) is 0 Å². The van der Waals surface area contributed by atoms with Crippen molar-refractivity contribution in [2.24, 2.45) is 0 Å². The number of methoxy groups -OCH3 is 1. The second kappa shape index (κ2) is 5.69. The van der Waals surface area contributed by atoms with Gasteiger partial charge in [0.1, 0.15) is 5.75 Å². The van der Waals surface area contributed by atoms with E-state index in [1.54, 1.807) is 13.2 Å². The van der Waals surface area contributed by atoms with Crippen LogP contribution < -0.4 is 10.5 Å². The minimum atomic E-state index is -0.292. The summed E-state index contributed by atoms with van der Waals surface area (Å²) in [6.45, 7) is 1.85. The molecule has 1 atom stereocenters. The molecule has 0 amide bonds. The highest BCUT2D eigenvalue weighted by Crippen LogP contribution is 2.23. The maximum atomic E-state index is 10.2. The van der Waals surface area contributed by atoms with E-state index in [1.165, 1.54) is 0 Å². The van der Waals surface area contributed by atoms with Crippen LogP contribution in [0.5, 0.6) is 5.75 Å². The van der Waals surface area contributed by atoms with Gasteiger partial charge in [0, 0.05) is 0 Å². The molecule has 0 aromatic heterocycles. The molecule has 15 heavy (non-hydrogen) atoms. The molecule has 4 nitrogen and oxygen atoms in total. The number of hydrogen-bond donors (Lipinski definition) is 1. The van der Waals surface area contributed by atoms with Gasteiger partial charge in [-0.1, -0.05) is 6.07 Å². The molecule has 5 heteroatoms. The van der Waals surface area contributed by atoms with Gasteiger partial charge >= 0.3 is 8.69 Å². The van der Waals surface area contributed by atoms with E-state index in [2.05, 4.69) is 0 Å². The van der Waals surface area contributed by atoms with E-state index < -0.39 is 0 Å². The van der Waals surface area contributed by atoms with Crippen LogP contribution in [-0.2, 0) is 15.5 Å². The molecule has 0 radical (unpaired) electrons. The first-order valence-electron chi connectivity index (χ1n) is 4.58. The maximum absolute atomic E-state index is 10.2. The Balaban J connectivity index is 2.73. The second-order valence-electron chi connectivity index (χ2n) is 3.27. The third kappa shape index (κ3) is 3.50. The smallest absolute Gasteiger partial charge is 0.327 e. The van der Waals surface area contributed by atoms with Crippen LogP contribution in [0.2, 0.25) is 0 Å². The quantitative estimate of drug-likeness (QED) is 0.619. The second-order valence-corrected chi connectivity index (χ2v) is 3.63. The molecular formula is C10H14NO3P. The molecule has 82 valence electrons. The van der Waals surface area contributed by atoms with Crippen molar-refractivity contribution >= 4 is 14.4 Å². The Morgan fingerprint density at radius 3 is 2.87 bits per heavy atom. The van der Waals surface area contributed by atoms with Crippen molar-refractivity contribution < 1.29 is 13.8 Å². The molecule has 0 heterocycles. The van der Waals surface area contributed by atoms with Crippen LogP contribution in [0.15, 0.2) is 18.2 Å². The maximum Gasteiger partial charge on any atom is 0.327 e. The van der Waals surface area contributed by atoms with Gasteiger partial charge in [0.2, 0.25) is 0 Å². The first-order valence-corrected chi connectivity index (χ1v) is 5.31. The minimum Gasteiger partial charge on any atom is -0.495 e. The van der Waals surface area contributed by atoms with Crippen molar-refractivity contribution in [3.05, 3.63) is 23.8 Å². The zero-order valence-electron chi connectivity index (χ0n) is 8.77. The molecule has 0 saturated heterocycles. The fourth-order valence-electron chi connectivity index (χ4n) is 1.33. The Labute approximate surface area is 90.7 Å². The molecule has 0 saturated carbocycles. The van der Waals surface area contributed by atoms with Gasteiger partial charge in [-0.2, -0.15) is 0 Å². The molecule has 1 aromatic rings. The number of ether oxygens (including phenoxy) is 1. The lowest BCUT2D eigenvalue weighted by atomic mass is 10.1. The lowest BCUT2D eigenvalue weighted by Gasteiger charge is -2.10. The summed E-state index contributed by atoms with van der Waals surface area (Å²) in [5.41, 5.74) is 7.33. The molecule has 1 rings (SSSR count). The summed E-state index contributed by atoms with van der Waals surface area (Å²) in [6.07, 6.45) is 0.573. The van der Waals surface area contributed by atoms with E-state index in [-0.39, 0.29) is 14.8 Å². The normalized spacial score (nSPS) is 12.7. The van der Waals surface area contributed by atoms with Crippen LogP contribution in [0, 0.1) is 0 Å². The van der Waals surface area contributed by atoms with Gasteiger partial charge < -0.3 is 10.5 Å². The van der Waals surface area contributed by atoms with Crippen molar-refractivity contribution in [2.75, 3.05) is 12.8 Å². The van der Waals surface area contributed by atoms with Crippen LogP contribution in [0.25, 0.3) is 0 Å². The largest absolute Gasteiger partial charge is 0.495 e. The number of benzene rings is 1. The third-order valence-electron chi connectivity index (χ3n) is 2.04. The number of hydrogen-bond acceptors (Lipinski definition) is 4. The first kappa shape index (κ1) is 12.0. The molecule has 0 bridgehead atoms. The molecule has 0 aliphatic heterocycles. The first-order chi connectivity index (χ1) is 7.17. The predicted octanol–water partition coefficient (Wildman–Crippen LogP) is 2.43. The summed E-state index contributed by atoms with van der Waals surface area (Å²) >= 11 is 0. The predicted molar refractivity (Wildman–Crippen MR) is 59.3 cm³/mol. The van der Waals surface area contributed by atoms with E-state index in [0.29, 0.717) is 17.9 Å². The SMILES string of the molecule is COc1cc(CC(C)OP=O)ccc1N. The van der Waals surface area contributed by atoms with Crippen LogP contribution in [0.3, 0.4) is 0 Å². The third-order valence-corrected chi connectivity index (χ3v) is 2.49. The van der Waals surface area contributed by atoms with Crippen molar-refractivity contribution in [3.63, 3.8) is 0 Å². The summed E-state index contributed by atoms with van der Waals surface area (Å²) < 4.78 is 20.2. The summed E-state index contributed by atoms with van der Waals surface area (Å²) in [7, 11) is 1.28. The molecular weight excluding hydrogens is 213 g/mol. The Hall–Kier alpha value is -1.12. The van der Waals surface area contributed by atoms with Gasteiger partial charge in [-0.05, 0) is 31.0 Å². The van der Waals surface area contributed by atoms with E-state index in [4.69, 9.17) is 15.0 Å². The van der Waals surface area contributed by atoms with Gasteiger partial charge in [-0.3, -0.25) is 4.52 Å². The van der Waals surface area contributed by atoms with Crippen molar-refractivity contribution in [2.45, 2.75) is 19.4 Å². The summed E-state index contributed by atoms with van der Waals surface area (Å²) in [5.74, 6) is 0.652. The Bertz CT molecular complexity index is 343. The van der Waals surface area contributed by atoms with E-state index in [1.807, 2.05) is 19.1 Å². The van der Waals surface area contributed by atoms with E-state index in [0.717, 1.165) is 5.56 Å². The van der Waals surface area contributed by atoms with E-state index in [9.17, 15) is 4.57 Å². The summed E-state index contributed by atoms with van der Waals surface area (Å²) in [5, 5.41) is 0. The Morgan fingerprint density at radius 2 is 2.27 bits per heavy atom. The highest BCUT2D eigenvalue weighted by atomic mass is 31.1. The minimum absolute atomic E-state index is 0.0995. The summed E-state index contributed by atoms with van der Waals surface area (Å²) in [4.78, 5) is 0. The molecule has 1 unspecified atom stereocenters. The number of nitrogen functional groups attached to an aromatic ring is 1. The van der Waals surface area contributed by atoms with Crippen molar-refractivity contribution in [1.82, 2.24) is 0 Å². The van der Waals surface area contributed by atoms with Crippen molar-refractivity contribution in [1.29, 1.82) is 0 Å². The van der Waals surface area contributed by atoms with Crippen LogP contribution in [0.4, 0.5) is 5.69 Å². The zero-order chi connectivity index (χ0) is 11.3. The van der Waals surface area contributed by atoms with Gasteiger partial charge in [0.05, 0.1) is 18.9 Å². The van der Waals surface area contributed by atoms with Gasteiger partial charge in [-0.15, -0.1) is 0 Å². The lowest BCUT2D eigenvalue weighted by molar-refractivity contribution is 0.245. The fraction of sp³-hybridized carbons (Fsp3) is 0.400. The molecule has 1 aromatic carbocycles. The average molecular weight is 227 g/mol. The Kier molecular flexibility index (Phi) is 4.53. The highest BCUT2D eigenvalue weighted by molar-refractivity contribution is 7.17. The molecule has 0 fully saturated rings. The van der Waals surface area contributed by atoms with Crippen LogP contribution >= 0.6 is 8.69 Å². The van der Waals surface area contributed by atoms with Crippen molar-refractivity contribution in [3.8, 4) is 5.75 Å². The number of anilines is 1. The van der Waals surface area contributed by atoms with Gasteiger partial charge in [-0.25, -0.2) is 4.57 Å². The lowest BCUT2D eigenvalue weighted by Crippen LogP contribution is -2.06. The summed E-state index contributed by atoms with van der Waals surface area (Å²) in [6, 6.07) is 5.55. The molecule has 0 aliphatic carbocycles. The molecule has 0 aliphatic rings. The van der Waals surface area contributed by atoms with Crippen LogP contribution in [-0.4, -0.2) is 13.2 Å². The van der Waals surface area contributed by atoms with Gasteiger partial charge in [0.15, 0.2) is 0 Å². The zero-order valence-corrected chi connectivity index (χ0v) is 9.66. The molecule has 0 spiro atoms. The fourth-order valence-corrected chi connectivity index (χ4v) is 1.55. The van der Waals surface area contributed by atoms with E-state index >= 15 is 0 Å². The average Bonchev–Trinajstić information content (AvgIpc) is 2.21. The Morgan fingerprint density at radius 1 is 1.53 bits per heavy atom. The number of rotatable bonds is 5. The molecule has 2 N–H and O–H groups in total.